The molecule has 0 aliphatic rings. The molecule has 102 valence electrons. The summed E-state index contributed by atoms with van der Waals surface area (Å²) in [5.41, 5.74) is 8.50. The zero-order valence-corrected chi connectivity index (χ0v) is 12.0. The number of hydrogen-bond acceptors (Lipinski definition) is 6. The molecule has 6 heteroatoms. The second-order valence-corrected chi connectivity index (χ2v) is 5.46. The van der Waals surface area contributed by atoms with Crippen molar-refractivity contribution in [1.29, 1.82) is 0 Å². The summed E-state index contributed by atoms with van der Waals surface area (Å²) in [6, 6.07) is 7.67. The molecule has 20 heavy (non-hydrogen) atoms. The zero-order valence-electron chi connectivity index (χ0n) is 11.2. The highest BCUT2D eigenvalue weighted by Gasteiger charge is 2.08. The van der Waals surface area contributed by atoms with Crippen LogP contribution < -0.4 is 15.8 Å². The third-order valence-corrected chi connectivity index (χ3v) is 3.81. The number of benzene rings is 1. The predicted octanol–water partition coefficient (Wildman–Crippen LogP) is 3.33. The van der Waals surface area contributed by atoms with Crippen LogP contribution in [-0.2, 0) is 0 Å². The fraction of sp³-hybridized carbons (Fsp3) is 0.143. The lowest BCUT2D eigenvalue weighted by Gasteiger charge is -2.05. The number of fused-ring (bicyclic) bond motifs is 1. The Morgan fingerprint density at radius 1 is 1.30 bits per heavy atom. The van der Waals surface area contributed by atoms with Gasteiger partial charge >= 0.3 is 0 Å². The van der Waals surface area contributed by atoms with Crippen LogP contribution in [0.15, 0.2) is 30.5 Å². The van der Waals surface area contributed by atoms with Crippen molar-refractivity contribution in [2.75, 3.05) is 18.2 Å². The first-order valence-corrected chi connectivity index (χ1v) is 6.91. The molecule has 5 nitrogen and oxygen atoms in total. The van der Waals surface area contributed by atoms with Crippen molar-refractivity contribution in [3.05, 3.63) is 36.0 Å². The van der Waals surface area contributed by atoms with Gasteiger partial charge in [0.25, 0.3) is 0 Å². The number of rotatable bonds is 3. The van der Waals surface area contributed by atoms with E-state index in [2.05, 4.69) is 15.3 Å². The van der Waals surface area contributed by atoms with Crippen molar-refractivity contribution >= 4 is 38.2 Å². The molecule has 0 aliphatic carbocycles. The Kier molecular flexibility index (Phi) is 3.15. The lowest BCUT2D eigenvalue weighted by atomic mass is 10.3. The van der Waals surface area contributed by atoms with E-state index in [4.69, 9.17) is 10.5 Å². The Bertz CT molecular complexity index is 769. The van der Waals surface area contributed by atoms with Crippen LogP contribution in [0, 0.1) is 6.92 Å². The van der Waals surface area contributed by atoms with Gasteiger partial charge in [0, 0.05) is 6.20 Å². The van der Waals surface area contributed by atoms with Gasteiger partial charge in [-0.25, -0.2) is 9.97 Å². The molecule has 0 spiro atoms. The summed E-state index contributed by atoms with van der Waals surface area (Å²) in [7, 11) is 1.65. The normalized spacial score (nSPS) is 10.7. The van der Waals surface area contributed by atoms with Crippen molar-refractivity contribution in [1.82, 2.24) is 9.97 Å². The zero-order chi connectivity index (χ0) is 14.1. The van der Waals surface area contributed by atoms with Crippen LogP contribution in [0.2, 0.25) is 0 Å². The van der Waals surface area contributed by atoms with E-state index in [1.165, 1.54) is 11.3 Å². The number of nitrogens with zero attached hydrogens (tertiary/aromatic N) is 2. The third kappa shape index (κ3) is 2.37. The van der Waals surface area contributed by atoms with Gasteiger partial charge in [0.15, 0.2) is 10.9 Å². The Balaban J connectivity index is 1.94. The van der Waals surface area contributed by atoms with Crippen LogP contribution in [0.4, 0.5) is 16.6 Å². The second kappa shape index (κ2) is 4.97. The standard InChI is InChI=1S/C14H14N4OS/c1-8-5-10(15)13(16-7-8)18-14-17-11-4-3-9(19-2)6-12(11)20-14/h3-7H,15H2,1-2H3,(H,16,17,18). The molecule has 0 fully saturated rings. The number of methoxy groups -OCH3 is 1. The minimum atomic E-state index is 0.613. The fourth-order valence-electron chi connectivity index (χ4n) is 1.88. The van der Waals surface area contributed by atoms with Gasteiger partial charge in [-0.05, 0) is 36.8 Å². The molecular weight excluding hydrogens is 272 g/mol. The minimum Gasteiger partial charge on any atom is -0.497 e. The lowest BCUT2D eigenvalue weighted by Crippen LogP contribution is -1.99. The maximum atomic E-state index is 5.94. The number of ether oxygens (including phenoxy) is 1. The smallest absolute Gasteiger partial charge is 0.189 e. The van der Waals surface area contributed by atoms with Crippen molar-refractivity contribution in [3.8, 4) is 5.75 Å². The first-order valence-electron chi connectivity index (χ1n) is 6.09. The van der Waals surface area contributed by atoms with Gasteiger partial charge in [-0.15, -0.1) is 0 Å². The molecule has 0 atom stereocenters. The molecule has 0 radical (unpaired) electrons. The highest BCUT2D eigenvalue weighted by Crippen LogP contribution is 2.31. The van der Waals surface area contributed by atoms with E-state index < -0.39 is 0 Å². The summed E-state index contributed by atoms with van der Waals surface area (Å²) in [5.74, 6) is 1.45. The second-order valence-electron chi connectivity index (χ2n) is 4.43. The highest BCUT2D eigenvalue weighted by molar-refractivity contribution is 7.22. The first-order chi connectivity index (χ1) is 9.65. The molecular formula is C14H14N4OS. The van der Waals surface area contributed by atoms with Gasteiger partial charge in [0.05, 0.1) is 23.0 Å². The van der Waals surface area contributed by atoms with Gasteiger partial charge in [-0.3, -0.25) is 0 Å². The van der Waals surface area contributed by atoms with Gasteiger partial charge in [0.2, 0.25) is 0 Å². The van der Waals surface area contributed by atoms with E-state index in [1.807, 2.05) is 31.2 Å². The quantitative estimate of drug-likeness (QED) is 0.772. The van der Waals surface area contributed by atoms with Gasteiger partial charge in [-0.1, -0.05) is 11.3 Å². The number of nitrogen functional groups attached to an aromatic ring is 1. The van der Waals surface area contributed by atoms with Crippen molar-refractivity contribution in [3.63, 3.8) is 0 Å². The number of pyridine rings is 1. The summed E-state index contributed by atoms with van der Waals surface area (Å²) in [5, 5.41) is 3.92. The summed E-state index contributed by atoms with van der Waals surface area (Å²) in [4.78, 5) is 8.79. The maximum Gasteiger partial charge on any atom is 0.189 e. The molecule has 0 aliphatic heterocycles. The van der Waals surface area contributed by atoms with Crippen molar-refractivity contribution < 1.29 is 4.74 Å². The molecule has 0 unspecified atom stereocenters. The molecule has 3 rings (SSSR count). The number of nitrogens with two attached hydrogens (primary N) is 1. The third-order valence-electron chi connectivity index (χ3n) is 2.87. The SMILES string of the molecule is COc1ccc2nc(Nc3ncc(C)cc3N)sc2c1. The molecule has 0 bridgehead atoms. The molecule has 1 aromatic carbocycles. The average Bonchev–Trinajstić information content (AvgIpc) is 2.83. The Morgan fingerprint density at radius 2 is 2.15 bits per heavy atom. The number of aromatic nitrogens is 2. The lowest BCUT2D eigenvalue weighted by molar-refractivity contribution is 0.415. The molecule has 2 aromatic heterocycles. The largest absolute Gasteiger partial charge is 0.497 e. The van der Waals surface area contributed by atoms with Crippen LogP contribution in [0.3, 0.4) is 0 Å². The first kappa shape index (κ1) is 12.7. The highest BCUT2D eigenvalue weighted by atomic mass is 32.1. The molecule has 3 N–H and O–H groups in total. The minimum absolute atomic E-state index is 0.613. The van der Waals surface area contributed by atoms with Gasteiger partial charge in [-0.2, -0.15) is 0 Å². The summed E-state index contributed by atoms with van der Waals surface area (Å²) in [6.07, 6.45) is 1.77. The van der Waals surface area contributed by atoms with Crippen LogP contribution in [0.5, 0.6) is 5.75 Å². The molecule has 0 saturated carbocycles. The van der Waals surface area contributed by atoms with Gasteiger partial charge < -0.3 is 15.8 Å². The van der Waals surface area contributed by atoms with E-state index >= 15 is 0 Å². The molecule has 3 aromatic rings. The summed E-state index contributed by atoms with van der Waals surface area (Å²) >= 11 is 1.54. The van der Waals surface area contributed by atoms with Crippen molar-refractivity contribution in [2.45, 2.75) is 6.92 Å². The number of hydrogen-bond donors (Lipinski definition) is 2. The molecule has 0 amide bonds. The van der Waals surface area contributed by atoms with E-state index in [9.17, 15) is 0 Å². The van der Waals surface area contributed by atoms with Crippen LogP contribution >= 0.6 is 11.3 Å². The van der Waals surface area contributed by atoms with Crippen molar-refractivity contribution in [2.24, 2.45) is 0 Å². The van der Waals surface area contributed by atoms with Crippen LogP contribution in [0.25, 0.3) is 10.2 Å². The number of anilines is 3. The monoisotopic (exact) mass is 286 g/mol. The summed E-state index contributed by atoms with van der Waals surface area (Å²) in [6.45, 7) is 1.96. The van der Waals surface area contributed by atoms with E-state index in [0.717, 1.165) is 26.7 Å². The predicted molar refractivity (Wildman–Crippen MR) is 82.8 cm³/mol. The van der Waals surface area contributed by atoms with E-state index in [1.54, 1.807) is 13.3 Å². The van der Waals surface area contributed by atoms with E-state index in [-0.39, 0.29) is 0 Å². The fourth-order valence-corrected chi connectivity index (χ4v) is 2.78. The van der Waals surface area contributed by atoms with E-state index in [0.29, 0.717) is 11.5 Å². The molecule has 2 heterocycles. The number of nitrogens with one attached hydrogen (secondary N) is 1. The average molecular weight is 286 g/mol. The Labute approximate surface area is 120 Å². The van der Waals surface area contributed by atoms with Crippen LogP contribution in [0.1, 0.15) is 5.56 Å². The summed E-state index contributed by atoms with van der Waals surface area (Å²) < 4.78 is 6.26. The Morgan fingerprint density at radius 3 is 2.90 bits per heavy atom. The number of thiazole rings is 1. The van der Waals surface area contributed by atoms with Gasteiger partial charge in [0.1, 0.15) is 5.75 Å². The maximum absolute atomic E-state index is 5.94. The number of aryl methyl sites for hydroxylation is 1. The topological polar surface area (TPSA) is 73.1 Å². The Hall–Kier alpha value is -2.34. The molecule has 0 saturated heterocycles. The van der Waals surface area contributed by atoms with Crippen LogP contribution in [-0.4, -0.2) is 17.1 Å².